The van der Waals surface area contributed by atoms with Crippen LogP contribution in [0.1, 0.15) is 22.8 Å². The van der Waals surface area contributed by atoms with Gasteiger partial charge in [0.1, 0.15) is 6.54 Å². The van der Waals surface area contributed by atoms with Gasteiger partial charge < -0.3 is 9.30 Å². The molecule has 0 saturated heterocycles. The summed E-state index contributed by atoms with van der Waals surface area (Å²) in [7, 11) is 1.32. The number of hydrogen-bond donors (Lipinski definition) is 0. The zero-order chi connectivity index (χ0) is 19.6. The molecule has 1 heterocycles. The van der Waals surface area contributed by atoms with E-state index in [1.54, 1.807) is 16.7 Å². The number of carbonyl (C=O) groups is 2. The minimum absolute atomic E-state index is 0.0443. The van der Waals surface area contributed by atoms with E-state index in [9.17, 15) is 9.59 Å². The van der Waals surface area contributed by atoms with Crippen LogP contribution in [0.5, 0.6) is 0 Å². The number of aromatic nitrogens is 1. The van der Waals surface area contributed by atoms with E-state index >= 15 is 0 Å². The van der Waals surface area contributed by atoms with Crippen molar-refractivity contribution in [3.63, 3.8) is 0 Å². The number of thiazole rings is 1. The van der Waals surface area contributed by atoms with E-state index in [1.165, 1.54) is 24.5 Å². The van der Waals surface area contributed by atoms with Gasteiger partial charge in [-0.2, -0.15) is 4.99 Å². The molecule has 140 valence electrons. The molecular formula is C19H16Cl2N2O3S. The molecule has 0 aliphatic rings. The summed E-state index contributed by atoms with van der Waals surface area (Å²) in [5.41, 5.74) is 2.18. The number of carbonyl (C=O) groups excluding carboxylic acids is 2. The SMILES string of the molecule is CCc1ccc2c(c1)sc(=NC(=O)c1cc(Cl)ccc1Cl)n2CC(=O)OC. The average Bonchev–Trinajstić information content (AvgIpc) is 2.99. The molecule has 3 rings (SSSR count). The first-order valence-corrected chi connectivity index (χ1v) is 9.73. The van der Waals surface area contributed by atoms with Crippen LogP contribution >= 0.6 is 34.5 Å². The molecule has 3 aromatic rings. The van der Waals surface area contributed by atoms with Crippen LogP contribution in [0.2, 0.25) is 10.0 Å². The fourth-order valence-corrected chi connectivity index (χ4v) is 4.04. The average molecular weight is 423 g/mol. The standard InChI is InChI=1S/C19H16Cl2N2O3S/c1-3-11-4-7-15-16(8-11)27-19(23(15)10-17(24)26-2)22-18(25)13-9-12(20)5-6-14(13)21/h4-9H,3,10H2,1-2H3. The van der Waals surface area contributed by atoms with Crippen molar-refractivity contribution >= 4 is 56.6 Å². The second-order valence-corrected chi connectivity index (χ2v) is 7.60. The van der Waals surface area contributed by atoms with Crippen molar-refractivity contribution in [1.29, 1.82) is 0 Å². The highest BCUT2D eigenvalue weighted by atomic mass is 35.5. The minimum Gasteiger partial charge on any atom is -0.468 e. The van der Waals surface area contributed by atoms with E-state index in [0.29, 0.717) is 9.82 Å². The number of nitrogens with zero attached hydrogens (tertiary/aromatic N) is 2. The Balaban J connectivity index is 2.17. The van der Waals surface area contributed by atoms with E-state index in [0.717, 1.165) is 22.2 Å². The van der Waals surface area contributed by atoms with E-state index in [-0.39, 0.29) is 17.1 Å². The lowest BCUT2D eigenvalue weighted by Crippen LogP contribution is -2.22. The van der Waals surface area contributed by atoms with Gasteiger partial charge in [0.2, 0.25) is 0 Å². The van der Waals surface area contributed by atoms with Crippen LogP contribution in [0.3, 0.4) is 0 Å². The van der Waals surface area contributed by atoms with Crippen LogP contribution < -0.4 is 4.80 Å². The number of rotatable bonds is 4. The Kier molecular flexibility index (Phi) is 5.99. The Labute approximate surface area is 169 Å². The molecule has 2 aromatic carbocycles. The summed E-state index contributed by atoms with van der Waals surface area (Å²) >= 11 is 13.4. The predicted molar refractivity (Wildman–Crippen MR) is 108 cm³/mol. The van der Waals surface area contributed by atoms with Crippen LogP contribution in [0, 0.1) is 0 Å². The Bertz CT molecular complexity index is 1100. The predicted octanol–water partition coefficient (Wildman–Crippen LogP) is 4.49. The van der Waals surface area contributed by atoms with E-state index in [4.69, 9.17) is 27.9 Å². The summed E-state index contributed by atoms with van der Waals surface area (Å²) in [5, 5.41) is 0.659. The van der Waals surface area contributed by atoms with Crippen molar-refractivity contribution in [2.24, 2.45) is 4.99 Å². The third-order valence-corrected chi connectivity index (χ3v) is 5.63. The number of amides is 1. The lowest BCUT2D eigenvalue weighted by Gasteiger charge is -2.04. The largest absolute Gasteiger partial charge is 0.468 e. The van der Waals surface area contributed by atoms with Gasteiger partial charge in [0.25, 0.3) is 5.91 Å². The maximum Gasteiger partial charge on any atom is 0.325 e. The lowest BCUT2D eigenvalue weighted by atomic mass is 10.2. The van der Waals surface area contributed by atoms with Crippen molar-refractivity contribution in [3.05, 3.63) is 62.4 Å². The summed E-state index contributed by atoms with van der Waals surface area (Å²) in [6, 6.07) is 10.6. The topological polar surface area (TPSA) is 60.7 Å². The number of ether oxygens (including phenoxy) is 1. The lowest BCUT2D eigenvalue weighted by molar-refractivity contribution is -0.141. The zero-order valence-electron chi connectivity index (χ0n) is 14.7. The second-order valence-electron chi connectivity index (χ2n) is 5.74. The highest BCUT2D eigenvalue weighted by Crippen LogP contribution is 2.23. The molecule has 8 heteroatoms. The van der Waals surface area contributed by atoms with Gasteiger partial charge in [-0.25, -0.2) is 0 Å². The molecule has 0 radical (unpaired) electrons. The van der Waals surface area contributed by atoms with Gasteiger partial charge in [-0.15, -0.1) is 0 Å². The quantitative estimate of drug-likeness (QED) is 0.581. The number of aryl methyl sites for hydroxylation is 1. The maximum atomic E-state index is 12.7. The van der Waals surface area contributed by atoms with Crippen LogP contribution in [0.4, 0.5) is 0 Å². The first kappa shape index (κ1) is 19.6. The van der Waals surface area contributed by atoms with E-state index in [2.05, 4.69) is 11.9 Å². The molecule has 0 N–H and O–H groups in total. The molecular weight excluding hydrogens is 407 g/mol. The van der Waals surface area contributed by atoms with E-state index < -0.39 is 11.9 Å². The van der Waals surface area contributed by atoms with Gasteiger partial charge in [0.15, 0.2) is 4.80 Å². The molecule has 0 unspecified atom stereocenters. The molecule has 0 atom stereocenters. The Hall–Kier alpha value is -2.15. The van der Waals surface area contributed by atoms with Crippen molar-refractivity contribution in [3.8, 4) is 0 Å². The molecule has 27 heavy (non-hydrogen) atoms. The summed E-state index contributed by atoms with van der Waals surface area (Å²) in [6.07, 6.45) is 0.883. The summed E-state index contributed by atoms with van der Waals surface area (Å²) in [4.78, 5) is 29.1. The third kappa shape index (κ3) is 4.24. The van der Waals surface area contributed by atoms with Crippen LogP contribution in [-0.2, 0) is 22.5 Å². The zero-order valence-corrected chi connectivity index (χ0v) is 17.0. The fraction of sp³-hybridized carbons (Fsp3) is 0.211. The molecule has 0 saturated carbocycles. The monoisotopic (exact) mass is 422 g/mol. The second kappa shape index (κ2) is 8.25. The Morgan fingerprint density at radius 2 is 1.96 bits per heavy atom. The third-order valence-electron chi connectivity index (χ3n) is 4.03. The number of halogens is 2. The number of methoxy groups -OCH3 is 1. The van der Waals surface area contributed by atoms with Crippen molar-refractivity contribution in [1.82, 2.24) is 4.57 Å². The number of fused-ring (bicyclic) bond motifs is 1. The van der Waals surface area contributed by atoms with Crippen molar-refractivity contribution in [2.75, 3.05) is 7.11 Å². The number of benzene rings is 2. The first-order chi connectivity index (χ1) is 12.9. The van der Waals surface area contributed by atoms with E-state index in [1.807, 2.05) is 18.2 Å². The highest BCUT2D eigenvalue weighted by Gasteiger charge is 2.14. The van der Waals surface area contributed by atoms with Crippen molar-refractivity contribution in [2.45, 2.75) is 19.9 Å². The van der Waals surface area contributed by atoms with Crippen LogP contribution in [-0.4, -0.2) is 23.6 Å². The minimum atomic E-state index is -0.525. The molecule has 1 aromatic heterocycles. The molecule has 0 spiro atoms. The van der Waals surface area contributed by atoms with Gasteiger partial charge in [-0.3, -0.25) is 9.59 Å². The molecule has 0 fully saturated rings. The molecule has 5 nitrogen and oxygen atoms in total. The summed E-state index contributed by atoms with van der Waals surface area (Å²) < 4.78 is 7.38. The van der Waals surface area contributed by atoms with Gasteiger partial charge in [0, 0.05) is 5.02 Å². The summed E-state index contributed by atoms with van der Waals surface area (Å²) in [5.74, 6) is -0.952. The Morgan fingerprint density at radius 3 is 2.67 bits per heavy atom. The molecule has 0 bridgehead atoms. The first-order valence-electron chi connectivity index (χ1n) is 8.16. The van der Waals surface area contributed by atoms with Crippen molar-refractivity contribution < 1.29 is 14.3 Å². The maximum absolute atomic E-state index is 12.7. The molecule has 0 aliphatic carbocycles. The normalized spacial score (nSPS) is 11.8. The van der Waals surface area contributed by atoms with Gasteiger partial charge in [0.05, 0.1) is 27.9 Å². The fourth-order valence-electron chi connectivity index (χ4n) is 2.58. The van der Waals surface area contributed by atoms with Crippen LogP contribution in [0.15, 0.2) is 41.4 Å². The van der Waals surface area contributed by atoms with Gasteiger partial charge in [-0.1, -0.05) is 47.5 Å². The molecule has 0 aliphatic heterocycles. The Morgan fingerprint density at radius 1 is 1.19 bits per heavy atom. The number of esters is 1. The number of hydrogen-bond acceptors (Lipinski definition) is 4. The van der Waals surface area contributed by atoms with Crippen LogP contribution in [0.25, 0.3) is 10.2 Å². The molecule has 1 amide bonds. The van der Waals surface area contributed by atoms with Gasteiger partial charge >= 0.3 is 5.97 Å². The van der Waals surface area contributed by atoms with Gasteiger partial charge in [-0.05, 0) is 42.3 Å². The summed E-state index contributed by atoms with van der Waals surface area (Å²) in [6.45, 7) is 2.02. The smallest absolute Gasteiger partial charge is 0.325 e. The highest BCUT2D eigenvalue weighted by molar-refractivity contribution is 7.16.